The highest BCUT2D eigenvalue weighted by molar-refractivity contribution is 5.94. The van der Waals surface area contributed by atoms with Crippen molar-refractivity contribution >= 4 is 5.91 Å². The highest BCUT2D eigenvalue weighted by Gasteiger charge is 2.17. The third-order valence-electron chi connectivity index (χ3n) is 4.43. The number of hydrogen-bond acceptors (Lipinski definition) is 4. The second-order valence-electron chi connectivity index (χ2n) is 6.07. The fraction of sp³-hybridized carbons (Fsp3) is 0.318. The van der Waals surface area contributed by atoms with Crippen molar-refractivity contribution in [3.8, 4) is 17.2 Å². The number of carbonyl (C=O) groups excluding carboxylic acids is 1. The smallest absolute Gasteiger partial charge is 0.251 e. The Bertz CT molecular complexity index is 801. The van der Waals surface area contributed by atoms with Gasteiger partial charge in [0.25, 0.3) is 5.91 Å². The molecule has 0 aliphatic carbocycles. The summed E-state index contributed by atoms with van der Waals surface area (Å²) < 4.78 is 16.0. The lowest BCUT2D eigenvalue weighted by Crippen LogP contribution is -2.28. The Balaban J connectivity index is 2.24. The van der Waals surface area contributed by atoms with Crippen molar-refractivity contribution in [3.05, 3.63) is 65.7 Å². The van der Waals surface area contributed by atoms with Crippen LogP contribution in [0.25, 0.3) is 0 Å². The fourth-order valence-corrected chi connectivity index (χ4v) is 2.97. The Labute approximate surface area is 161 Å². The summed E-state index contributed by atoms with van der Waals surface area (Å²) in [5, 5.41) is 3.09. The van der Waals surface area contributed by atoms with E-state index in [4.69, 9.17) is 14.2 Å². The van der Waals surface area contributed by atoms with Crippen LogP contribution in [0, 0.1) is 0 Å². The number of hydrogen-bond donors (Lipinski definition) is 1. The standard InChI is InChI=1S/C22H27NO4/c1-6-8-16-13-17(10-11-19(16)25-3)22(24)23-18(7-2)15-9-12-20(26-4)21(14-15)27-5/h6,9-14,18H,1,7-8H2,2-5H3,(H,23,24). The van der Waals surface area contributed by atoms with Crippen molar-refractivity contribution in [2.45, 2.75) is 25.8 Å². The first-order valence-corrected chi connectivity index (χ1v) is 8.88. The zero-order valence-corrected chi connectivity index (χ0v) is 16.4. The predicted molar refractivity (Wildman–Crippen MR) is 107 cm³/mol. The van der Waals surface area contributed by atoms with Crippen molar-refractivity contribution in [1.82, 2.24) is 5.32 Å². The highest BCUT2D eigenvalue weighted by Crippen LogP contribution is 2.31. The molecule has 0 aliphatic rings. The second kappa shape index (κ2) is 9.67. The first kappa shape index (κ1) is 20.4. The van der Waals surface area contributed by atoms with E-state index < -0.39 is 0 Å². The highest BCUT2D eigenvalue weighted by atomic mass is 16.5. The molecular weight excluding hydrogens is 342 g/mol. The second-order valence-corrected chi connectivity index (χ2v) is 6.07. The SMILES string of the molecule is C=CCc1cc(C(=O)NC(CC)c2ccc(OC)c(OC)c2)ccc1OC. The van der Waals surface area contributed by atoms with Crippen LogP contribution in [-0.2, 0) is 6.42 Å². The number of nitrogens with one attached hydrogen (secondary N) is 1. The van der Waals surface area contributed by atoms with Crippen molar-refractivity contribution in [2.24, 2.45) is 0 Å². The molecule has 0 aromatic heterocycles. The Morgan fingerprint density at radius 2 is 1.70 bits per heavy atom. The van der Waals surface area contributed by atoms with E-state index in [9.17, 15) is 4.79 Å². The summed E-state index contributed by atoms with van der Waals surface area (Å²) in [6.07, 6.45) is 3.17. The zero-order chi connectivity index (χ0) is 19.8. The van der Waals surface area contributed by atoms with Gasteiger partial charge in [-0.05, 0) is 54.3 Å². The van der Waals surface area contributed by atoms with Crippen molar-refractivity contribution in [3.63, 3.8) is 0 Å². The molecule has 0 bridgehead atoms. The number of amides is 1. The summed E-state index contributed by atoms with van der Waals surface area (Å²) in [5.74, 6) is 1.91. The molecule has 0 spiro atoms. The van der Waals surface area contributed by atoms with Crippen LogP contribution in [0.3, 0.4) is 0 Å². The average Bonchev–Trinajstić information content (AvgIpc) is 2.71. The molecule has 0 radical (unpaired) electrons. The lowest BCUT2D eigenvalue weighted by molar-refractivity contribution is 0.0935. The quantitative estimate of drug-likeness (QED) is 0.669. The number of benzene rings is 2. The van der Waals surface area contributed by atoms with E-state index >= 15 is 0 Å². The minimum atomic E-state index is -0.137. The average molecular weight is 369 g/mol. The maximum absolute atomic E-state index is 12.8. The normalized spacial score (nSPS) is 11.4. The van der Waals surface area contributed by atoms with Gasteiger partial charge in [-0.25, -0.2) is 0 Å². The van der Waals surface area contributed by atoms with Crippen LogP contribution in [0.5, 0.6) is 17.2 Å². The third-order valence-corrected chi connectivity index (χ3v) is 4.43. The monoisotopic (exact) mass is 369 g/mol. The van der Waals surface area contributed by atoms with Crippen LogP contribution in [-0.4, -0.2) is 27.2 Å². The number of allylic oxidation sites excluding steroid dienone is 1. The van der Waals surface area contributed by atoms with Gasteiger partial charge < -0.3 is 19.5 Å². The minimum absolute atomic E-state index is 0.135. The lowest BCUT2D eigenvalue weighted by Gasteiger charge is -2.19. The van der Waals surface area contributed by atoms with E-state index in [2.05, 4.69) is 11.9 Å². The van der Waals surface area contributed by atoms with Gasteiger partial charge in [0, 0.05) is 5.56 Å². The zero-order valence-electron chi connectivity index (χ0n) is 16.4. The summed E-state index contributed by atoms with van der Waals surface area (Å²) in [6.45, 7) is 5.79. The molecule has 1 N–H and O–H groups in total. The topological polar surface area (TPSA) is 56.8 Å². The minimum Gasteiger partial charge on any atom is -0.496 e. The number of methoxy groups -OCH3 is 3. The van der Waals surface area contributed by atoms with Gasteiger partial charge in [-0.3, -0.25) is 4.79 Å². The molecular formula is C22H27NO4. The molecule has 1 atom stereocenters. The van der Waals surface area contributed by atoms with Gasteiger partial charge in [-0.2, -0.15) is 0 Å². The van der Waals surface area contributed by atoms with Crippen LogP contribution in [0.2, 0.25) is 0 Å². The van der Waals surface area contributed by atoms with Crippen molar-refractivity contribution < 1.29 is 19.0 Å². The predicted octanol–water partition coefficient (Wildman–Crippen LogP) is 4.32. The molecule has 2 rings (SSSR count). The molecule has 5 nitrogen and oxygen atoms in total. The van der Waals surface area contributed by atoms with Gasteiger partial charge >= 0.3 is 0 Å². The van der Waals surface area contributed by atoms with Gasteiger partial charge in [0.1, 0.15) is 5.75 Å². The summed E-state index contributed by atoms with van der Waals surface area (Å²) in [5.41, 5.74) is 2.48. The van der Waals surface area contributed by atoms with Crippen LogP contribution in [0.1, 0.15) is 40.9 Å². The first-order valence-electron chi connectivity index (χ1n) is 8.88. The summed E-state index contributed by atoms with van der Waals surface area (Å²) >= 11 is 0. The largest absolute Gasteiger partial charge is 0.496 e. The molecule has 5 heteroatoms. The van der Waals surface area contributed by atoms with E-state index in [1.807, 2.05) is 37.3 Å². The van der Waals surface area contributed by atoms with E-state index in [-0.39, 0.29) is 11.9 Å². The van der Waals surface area contributed by atoms with Crippen molar-refractivity contribution in [2.75, 3.05) is 21.3 Å². The first-order chi connectivity index (χ1) is 13.1. The number of rotatable bonds is 9. The van der Waals surface area contributed by atoms with Crippen LogP contribution >= 0.6 is 0 Å². The van der Waals surface area contributed by atoms with Gasteiger partial charge in [-0.1, -0.05) is 19.1 Å². The Morgan fingerprint density at radius 3 is 2.30 bits per heavy atom. The molecule has 0 fully saturated rings. The molecule has 2 aromatic rings. The maximum Gasteiger partial charge on any atom is 0.251 e. The molecule has 1 amide bonds. The van der Waals surface area contributed by atoms with Crippen molar-refractivity contribution in [1.29, 1.82) is 0 Å². The number of carbonyl (C=O) groups is 1. The van der Waals surface area contributed by atoms with E-state index in [0.29, 0.717) is 23.5 Å². The molecule has 27 heavy (non-hydrogen) atoms. The van der Waals surface area contributed by atoms with Crippen LogP contribution in [0.15, 0.2) is 49.1 Å². The summed E-state index contributed by atoms with van der Waals surface area (Å²) in [6, 6.07) is 11.0. The molecule has 0 heterocycles. The van der Waals surface area contributed by atoms with Crippen LogP contribution in [0.4, 0.5) is 0 Å². The summed E-state index contributed by atoms with van der Waals surface area (Å²) in [7, 11) is 4.81. The Morgan fingerprint density at radius 1 is 1.04 bits per heavy atom. The van der Waals surface area contributed by atoms with E-state index in [1.165, 1.54) is 0 Å². The van der Waals surface area contributed by atoms with E-state index in [1.54, 1.807) is 33.5 Å². The summed E-state index contributed by atoms with van der Waals surface area (Å²) in [4.78, 5) is 12.8. The molecule has 144 valence electrons. The van der Waals surface area contributed by atoms with Crippen LogP contribution < -0.4 is 19.5 Å². The third kappa shape index (κ3) is 4.82. The Kier molecular flexibility index (Phi) is 7.29. The maximum atomic E-state index is 12.8. The Hall–Kier alpha value is -2.95. The lowest BCUT2D eigenvalue weighted by atomic mass is 10.0. The molecule has 0 saturated carbocycles. The fourth-order valence-electron chi connectivity index (χ4n) is 2.97. The van der Waals surface area contributed by atoms with Gasteiger partial charge in [-0.15, -0.1) is 6.58 Å². The van der Waals surface area contributed by atoms with Gasteiger partial charge in [0.05, 0.1) is 27.4 Å². The number of ether oxygens (including phenoxy) is 3. The molecule has 2 aromatic carbocycles. The molecule has 0 aliphatic heterocycles. The molecule has 1 unspecified atom stereocenters. The van der Waals surface area contributed by atoms with Gasteiger partial charge in [0.2, 0.25) is 0 Å². The molecule has 0 saturated heterocycles. The van der Waals surface area contributed by atoms with Gasteiger partial charge in [0.15, 0.2) is 11.5 Å². The van der Waals surface area contributed by atoms with E-state index in [0.717, 1.165) is 23.3 Å².